The van der Waals surface area contributed by atoms with Crippen LogP contribution < -0.4 is 5.56 Å². The number of rotatable bonds is 1. The Hall–Kier alpha value is -1.37. The molecule has 1 aliphatic heterocycles. The lowest BCUT2D eigenvalue weighted by Gasteiger charge is -2.28. The van der Waals surface area contributed by atoms with Crippen molar-refractivity contribution < 1.29 is 0 Å². The molecular weight excluding hydrogens is 356 g/mol. The number of aromatic nitrogens is 2. The Bertz CT molecular complexity index is 1050. The Morgan fingerprint density at radius 2 is 1.96 bits per heavy atom. The van der Waals surface area contributed by atoms with Gasteiger partial charge < -0.3 is 4.98 Å². The molecule has 0 atom stereocenters. The molecule has 6 heteroatoms. The number of aromatic amines is 1. The van der Waals surface area contributed by atoms with Crippen LogP contribution >= 0.6 is 35.3 Å². The van der Waals surface area contributed by atoms with Gasteiger partial charge in [0.25, 0.3) is 5.56 Å². The summed E-state index contributed by atoms with van der Waals surface area (Å²) < 4.78 is 2.25. The van der Waals surface area contributed by atoms with E-state index in [0.29, 0.717) is 4.77 Å². The molecule has 0 radical (unpaired) electrons. The fourth-order valence-electron chi connectivity index (χ4n) is 3.15. The van der Waals surface area contributed by atoms with E-state index in [0.717, 1.165) is 33.6 Å². The summed E-state index contributed by atoms with van der Waals surface area (Å²) >= 11 is 9.11. The SMILES string of the molecule is Cc1ccc(-n2c(=S)[nH]c3sc4c(c3c2=O)CC(C)(C)SC4)cc1. The molecule has 3 heterocycles. The van der Waals surface area contributed by atoms with Crippen molar-refractivity contribution in [2.75, 3.05) is 0 Å². The predicted molar refractivity (Wildman–Crippen MR) is 106 cm³/mol. The van der Waals surface area contributed by atoms with Crippen LogP contribution in [0.5, 0.6) is 0 Å². The molecule has 1 aromatic carbocycles. The third-order valence-electron chi connectivity index (χ3n) is 4.42. The second-order valence-corrected chi connectivity index (χ2v) is 10.0. The molecule has 1 aliphatic rings. The summed E-state index contributed by atoms with van der Waals surface area (Å²) in [6, 6.07) is 7.91. The van der Waals surface area contributed by atoms with E-state index < -0.39 is 0 Å². The van der Waals surface area contributed by atoms with Gasteiger partial charge in [-0.25, -0.2) is 0 Å². The standard InChI is InChI=1S/C18H18N2OS3/c1-10-4-6-11(7-5-10)20-16(21)14-12-8-18(2,3)23-9-13(12)24-15(14)19-17(20)22/h4-7H,8-9H2,1-3H3,(H,19,22). The summed E-state index contributed by atoms with van der Waals surface area (Å²) in [6.45, 7) is 6.52. The van der Waals surface area contributed by atoms with E-state index in [2.05, 4.69) is 18.8 Å². The highest BCUT2D eigenvalue weighted by Gasteiger charge is 2.30. The smallest absolute Gasteiger partial charge is 0.267 e. The number of thiophene rings is 1. The molecule has 0 fully saturated rings. The molecule has 24 heavy (non-hydrogen) atoms. The fourth-order valence-corrected chi connectivity index (χ4v) is 5.87. The van der Waals surface area contributed by atoms with Crippen molar-refractivity contribution in [2.45, 2.75) is 37.7 Å². The van der Waals surface area contributed by atoms with E-state index in [1.54, 1.807) is 15.9 Å². The van der Waals surface area contributed by atoms with E-state index in [9.17, 15) is 4.79 Å². The zero-order valence-electron chi connectivity index (χ0n) is 13.8. The van der Waals surface area contributed by atoms with Crippen molar-refractivity contribution in [1.82, 2.24) is 9.55 Å². The molecule has 0 aliphatic carbocycles. The molecule has 0 unspecified atom stereocenters. The highest BCUT2D eigenvalue weighted by molar-refractivity contribution is 8.00. The van der Waals surface area contributed by atoms with E-state index >= 15 is 0 Å². The molecule has 0 bridgehead atoms. The van der Waals surface area contributed by atoms with Crippen molar-refractivity contribution in [3.05, 3.63) is 55.4 Å². The molecule has 3 aromatic rings. The van der Waals surface area contributed by atoms with Gasteiger partial charge in [0.1, 0.15) is 4.83 Å². The van der Waals surface area contributed by atoms with Crippen LogP contribution in [0.2, 0.25) is 0 Å². The molecule has 0 saturated heterocycles. The first-order chi connectivity index (χ1) is 11.4. The Morgan fingerprint density at radius 3 is 2.67 bits per heavy atom. The van der Waals surface area contributed by atoms with E-state index in [-0.39, 0.29) is 10.3 Å². The fraction of sp³-hybridized carbons (Fsp3) is 0.333. The van der Waals surface area contributed by atoms with Gasteiger partial charge in [0.05, 0.1) is 11.1 Å². The lowest BCUT2D eigenvalue weighted by Crippen LogP contribution is -2.25. The highest BCUT2D eigenvalue weighted by atomic mass is 32.2. The van der Waals surface area contributed by atoms with Gasteiger partial charge in [0, 0.05) is 15.4 Å². The summed E-state index contributed by atoms with van der Waals surface area (Å²) in [5.74, 6) is 0.965. The topological polar surface area (TPSA) is 37.8 Å². The van der Waals surface area contributed by atoms with Crippen LogP contribution in [0.15, 0.2) is 29.1 Å². The Morgan fingerprint density at radius 1 is 1.25 bits per heavy atom. The molecule has 2 aromatic heterocycles. The highest BCUT2D eigenvalue weighted by Crippen LogP contribution is 2.43. The van der Waals surface area contributed by atoms with E-state index in [4.69, 9.17) is 12.2 Å². The first-order valence-electron chi connectivity index (χ1n) is 7.86. The van der Waals surface area contributed by atoms with Crippen molar-refractivity contribution >= 4 is 45.5 Å². The number of aryl methyl sites for hydroxylation is 1. The molecule has 0 spiro atoms. The van der Waals surface area contributed by atoms with Crippen LogP contribution in [0.25, 0.3) is 15.9 Å². The van der Waals surface area contributed by atoms with Crippen molar-refractivity contribution in [3.8, 4) is 5.69 Å². The maximum absolute atomic E-state index is 13.3. The number of fused-ring (bicyclic) bond motifs is 3. The Kier molecular flexibility index (Phi) is 3.74. The van der Waals surface area contributed by atoms with Crippen LogP contribution in [0, 0.1) is 11.7 Å². The number of H-pyrrole nitrogens is 1. The summed E-state index contributed by atoms with van der Waals surface area (Å²) in [4.78, 5) is 18.8. The normalized spacial score (nSPS) is 16.3. The average molecular weight is 375 g/mol. The lowest BCUT2D eigenvalue weighted by molar-refractivity contribution is 0.699. The maximum atomic E-state index is 13.3. The number of hydrogen-bond acceptors (Lipinski definition) is 4. The molecular formula is C18H18N2OS3. The Balaban J connectivity index is 2.02. The van der Waals surface area contributed by atoms with Crippen molar-refractivity contribution in [1.29, 1.82) is 0 Å². The first-order valence-corrected chi connectivity index (χ1v) is 10.1. The minimum absolute atomic E-state index is 0.00203. The third-order valence-corrected chi connectivity index (χ3v) is 7.39. The van der Waals surface area contributed by atoms with Crippen LogP contribution in [-0.4, -0.2) is 14.3 Å². The van der Waals surface area contributed by atoms with E-state index in [1.807, 2.05) is 43.0 Å². The van der Waals surface area contributed by atoms with Gasteiger partial charge >= 0.3 is 0 Å². The van der Waals surface area contributed by atoms with Gasteiger partial charge in [0.2, 0.25) is 0 Å². The maximum Gasteiger partial charge on any atom is 0.267 e. The summed E-state index contributed by atoms with van der Waals surface area (Å²) in [5.41, 5.74) is 3.18. The molecule has 124 valence electrons. The number of hydrogen-bond donors (Lipinski definition) is 1. The monoisotopic (exact) mass is 374 g/mol. The zero-order chi connectivity index (χ0) is 17.1. The van der Waals surface area contributed by atoms with Crippen LogP contribution in [0.1, 0.15) is 29.9 Å². The van der Waals surface area contributed by atoms with Crippen LogP contribution in [-0.2, 0) is 12.2 Å². The minimum atomic E-state index is -0.00203. The van der Waals surface area contributed by atoms with Gasteiger partial charge in [0.15, 0.2) is 4.77 Å². The number of benzene rings is 1. The zero-order valence-corrected chi connectivity index (χ0v) is 16.3. The number of thioether (sulfide) groups is 1. The Labute approximate surface area is 153 Å². The van der Waals surface area contributed by atoms with Gasteiger partial charge in [-0.3, -0.25) is 9.36 Å². The first kappa shape index (κ1) is 16.1. The van der Waals surface area contributed by atoms with Gasteiger partial charge in [-0.2, -0.15) is 0 Å². The molecule has 1 N–H and O–H groups in total. The second kappa shape index (κ2) is 5.58. The minimum Gasteiger partial charge on any atom is -0.323 e. The molecule has 4 rings (SSSR count). The quantitative estimate of drug-likeness (QED) is 0.610. The van der Waals surface area contributed by atoms with Crippen LogP contribution in [0.3, 0.4) is 0 Å². The molecule has 3 nitrogen and oxygen atoms in total. The lowest BCUT2D eigenvalue weighted by atomic mass is 10.00. The van der Waals surface area contributed by atoms with Gasteiger partial charge in [-0.15, -0.1) is 23.1 Å². The van der Waals surface area contributed by atoms with Crippen molar-refractivity contribution in [2.24, 2.45) is 0 Å². The van der Waals surface area contributed by atoms with E-state index in [1.165, 1.54) is 10.4 Å². The van der Waals surface area contributed by atoms with Gasteiger partial charge in [-0.1, -0.05) is 31.5 Å². The second-order valence-electron chi connectivity index (χ2n) is 6.84. The number of nitrogens with one attached hydrogen (secondary N) is 1. The summed E-state index contributed by atoms with van der Waals surface area (Å²) in [7, 11) is 0. The average Bonchev–Trinajstić information content (AvgIpc) is 2.85. The summed E-state index contributed by atoms with van der Waals surface area (Å²) in [6.07, 6.45) is 0.917. The van der Waals surface area contributed by atoms with Gasteiger partial charge in [-0.05, 0) is 43.3 Å². The largest absolute Gasteiger partial charge is 0.323 e. The van der Waals surface area contributed by atoms with Crippen LogP contribution in [0.4, 0.5) is 0 Å². The third kappa shape index (κ3) is 2.57. The molecule has 0 amide bonds. The predicted octanol–water partition coefficient (Wildman–Crippen LogP) is 4.99. The number of nitrogens with zero attached hydrogens (tertiary/aromatic N) is 1. The van der Waals surface area contributed by atoms with Crippen molar-refractivity contribution in [3.63, 3.8) is 0 Å². The molecule has 0 saturated carbocycles. The summed E-state index contributed by atoms with van der Waals surface area (Å²) in [5, 5.41) is 0.817.